The minimum atomic E-state index is 0.254. The molecule has 0 radical (unpaired) electrons. The molecule has 2 heteroatoms. The van der Waals surface area contributed by atoms with Crippen LogP contribution in [0.5, 0.6) is 5.75 Å². The quantitative estimate of drug-likeness (QED) is 0.768. The highest BCUT2D eigenvalue weighted by atomic mass is 32.2. The van der Waals surface area contributed by atoms with Crippen LogP contribution in [0.15, 0.2) is 24.3 Å². The van der Waals surface area contributed by atoms with Gasteiger partial charge in [-0.2, -0.15) is 11.8 Å². The van der Waals surface area contributed by atoms with Crippen LogP contribution in [-0.4, -0.2) is 11.9 Å². The van der Waals surface area contributed by atoms with Crippen molar-refractivity contribution < 1.29 is 4.74 Å². The minimum Gasteiger partial charge on any atom is -0.491 e. The van der Waals surface area contributed by atoms with Crippen molar-refractivity contribution in [1.29, 1.82) is 0 Å². The molecule has 1 aromatic rings. The molecule has 15 heavy (non-hydrogen) atoms. The monoisotopic (exact) mass is 222 g/mol. The first-order valence-electron chi connectivity index (χ1n) is 5.51. The maximum Gasteiger partial charge on any atom is 0.119 e. The molecule has 0 aliphatic carbocycles. The van der Waals surface area contributed by atoms with Crippen LogP contribution in [-0.2, 0) is 4.75 Å². The van der Waals surface area contributed by atoms with Crippen molar-refractivity contribution in [3.05, 3.63) is 29.8 Å². The largest absolute Gasteiger partial charge is 0.491 e. The lowest BCUT2D eigenvalue weighted by Crippen LogP contribution is -2.27. The average molecular weight is 222 g/mol. The summed E-state index contributed by atoms with van der Waals surface area (Å²) in [6, 6.07) is 8.56. The van der Waals surface area contributed by atoms with Gasteiger partial charge in [-0.15, -0.1) is 0 Å². The third kappa shape index (κ3) is 2.31. The lowest BCUT2D eigenvalue weighted by Gasteiger charge is -2.38. The molecule has 1 saturated heterocycles. The van der Waals surface area contributed by atoms with Gasteiger partial charge in [-0.05, 0) is 50.6 Å². The van der Waals surface area contributed by atoms with E-state index < -0.39 is 0 Å². The summed E-state index contributed by atoms with van der Waals surface area (Å²) in [7, 11) is 0. The summed E-state index contributed by atoms with van der Waals surface area (Å²) in [5, 5.41) is 0. The standard InChI is InChI=1S/C13H18OS/c1-10(2)14-12-6-4-11(5-7-12)13(3)8-9-15-13/h4-7,10H,8-9H2,1-3H3. The van der Waals surface area contributed by atoms with Crippen molar-refractivity contribution in [3.63, 3.8) is 0 Å². The second-order valence-electron chi connectivity index (χ2n) is 4.52. The fourth-order valence-electron chi connectivity index (χ4n) is 1.79. The third-order valence-electron chi connectivity index (χ3n) is 2.84. The molecule has 1 atom stereocenters. The zero-order valence-electron chi connectivity index (χ0n) is 9.62. The Bertz CT molecular complexity index is 325. The second-order valence-corrected chi connectivity index (χ2v) is 6.12. The molecule has 1 aromatic carbocycles. The Kier molecular flexibility index (Phi) is 2.96. The van der Waals surface area contributed by atoms with Gasteiger partial charge < -0.3 is 4.74 Å². The molecule has 82 valence electrons. The predicted molar refractivity (Wildman–Crippen MR) is 66.6 cm³/mol. The topological polar surface area (TPSA) is 9.23 Å². The molecular formula is C13H18OS. The van der Waals surface area contributed by atoms with Crippen molar-refractivity contribution >= 4 is 11.8 Å². The SMILES string of the molecule is CC(C)Oc1ccc(C2(C)CCS2)cc1. The van der Waals surface area contributed by atoms with Crippen LogP contribution in [0.2, 0.25) is 0 Å². The second kappa shape index (κ2) is 4.09. The molecule has 1 aliphatic rings. The van der Waals surface area contributed by atoms with Gasteiger partial charge in [0.1, 0.15) is 5.75 Å². The smallest absolute Gasteiger partial charge is 0.119 e. The average Bonchev–Trinajstić information content (AvgIpc) is 2.14. The zero-order chi connectivity index (χ0) is 10.9. The Labute approximate surface area is 96.2 Å². The molecule has 1 unspecified atom stereocenters. The van der Waals surface area contributed by atoms with Crippen LogP contribution in [0, 0.1) is 0 Å². The maximum absolute atomic E-state index is 5.63. The summed E-state index contributed by atoms with van der Waals surface area (Å²) >= 11 is 2.04. The molecule has 1 nitrogen and oxygen atoms in total. The van der Waals surface area contributed by atoms with Gasteiger partial charge in [0.25, 0.3) is 0 Å². The van der Waals surface area contributed by atoms with Gasteiger partial charge in [-0.1, -0.05) is 12.1 Å². The number of rotatable bonds is 3. The van der Waals surface area contributed by atoms with E-state index in [2.05, 4.69) is 45.0 Å². The fraction of sp³-hybridized carbons (Fsp3) is 0.538. The normalized spacial score (nSPS) is 25.1. The predicted octanol–water partition coefficient (Wildman–Crippen LogP) is 3.83. The molecule has 0 saturated carbocycles. The van der Waals surface area contributed by atoms with Crippen molar-refractivity contribution in [2.24, 2.45) is 0 Å². The summed E-state index contributed by atoms with van der Waals surface area (Å²) in [6.07, 6.45) is 1.55. The summed E-state index contributed by atoms with van der Waals surface area (Å²) in [5.41, 5.74) is 1.43. The Morgan fingerprint density at radius 1 is 1.27 bits per heavy atom. The summed E-state index contributed by atoms with van der Waals surface area (Å²) in [6.45, 7) is 6.42. The number of thioether (sulfide) groups is 1. The minimum absolute atomic E-state index is 0.254. The molecule has 0 N–H and O–H groups in total. The van der Waals surface area contributed by atoms with Gasteiger partial charge in [0.05, 0.1) is 6.10 Å². The first-order chi connectivity index (χ1) is 7.10. The molecular weight excluding hydrogens is 204 g/mol. The highest BCUT2D eigenvalue weighted by Crippen LogP contribution is 2.48. The van der Waals surface area contributed by atoms with Gasteiger partial charge in [-0.3, -0.25) is 0 Å². The Morgan fingerprint density at radius 2 is 1.87 bits per heavy atom. The molecule has 1 aliphatic heterocycles. The Hall–Kier alpha value is -0.630. The lowest BCUT2D eigenvalue weighted by molar-refractivity contribution is 0.242. The molecule has 1 heterocycles. The molecule has 1 fully saturated rings. The first-order valence-corrected chi connectivity index (χ1v) is 6.50. The zero-order valence-corrected chi connectivity index (χ0v) is 10.4. The first kappa shape index (κ1) is 10.9. The Morgan fingerprint density at radius 3 is 2.27 bits per heavy atom. The van der Waals surface area contributed by atoms with Crippen LogP contribution >= 0.6 is 11.8 Å². The van der Waals surface area contributed by atoms with E-state index in [1.807, 2.05) is 11.8 Å². The van der Waals surface area contributed by atoms with Crippen LogP contribution in [0.1, 0.15) is 32.8 Å². The van der Waals surface area contributed by atoms with E-state index >= 15 is 0 Å². The highest BCUT2D eigenvalue weighted by Gasteiger charge is 2.34. The fourth-order valence-corrected chi connectivity index (χ4v) is 2.91. The number of hydrogen-bond acceptors (Lipinski definition) is 2. The number of hydrogen-bond donors (Lipinski definition) is 0. The van der Waals surface area contributed by atoms with Gasteiger partial charge in [0.2, 0.25) is 0 Å². The van der Waals surface area contributed by atoms with E-state index in [1.54, 1.807) is 0 Å². The van der Waals surface area contributed by atoms with Crippen molar-refractivity contribution in [1.82, 2.24) is 0 Å². The molecule has 0 amide bonds. The van der Waals surface area contributed by atoms with E-state index in [0.717, 1.165) is 5.75 Å². The summed E-state index contributed by atoms with van der Waals surface area (Å²) in [4.78, 5) is 0. The van der Waals surface area contributed by atoms with E-state index in [0.29, 0.717) is 4.75 Å². The molecule has 2 rings (SSSR count). The Balaban J connectivity index is 2.10. The van der Waals surface area contributed by atoms with E-state index in [-0.39, 0.29) is 6.10 Å². The van der Waals surface area contributed by atoms with Crippen LogP contribution in [0.25, 0.3) is 0 Å². The van der Waals surface area contributed by atoms with Crippen LogP contribution in [0.4, 0.5) is 0 Å². The van der Waals surface area contributed by atoms with Crippen LogP contribution in [0.3, 0.4) is 0 Å². The highest BCUT2D eigenvalue weighted by molar-refractivity contribution is 8.01. The summed E-state index contributed by atoms with van der Waals surface area (Å²) < 4.78 is 5.98. The van der Waals surface area contributed by atoms with Crippen molar-refractivity contribution in [2.45, 2.75) is 38.0 Å². The van der Waals surface area contributed by atoms with Gasteiger partial charge >= 0.3 is 0 Å². The number of ether oxygens (including phenoxy) is 1. The van der Waals surface area contributed by atoms with Gasteiger partial charge in [0.15, 0.2) is 0 Å². The van der Waals surface area contributed by atoms with Crippen LogP contribution < -0.4 is 4.74 Å². The maximum atomic E-state index is 5.63. The van der Waals surface area contributed by atoms with Crippen molar-refractivity contribution in [2.75, 3.05) is 5.75 Å². The molecule has 0 spiro atoms. The van der Waals surface area contributed by atoms with E-state index in [9.17, 15) is 0 Å². The number of benzene rings is 1. The van der Waals surface area contributed by atoms with E-state index in [1.165, 1.54) is 17.7 Å². The van der Waals surface area contributed by atoms with Gasteiger partial charge in [0, 0.05) is 4.75 Å². The molecule has 0 bridgehead atoms. The third-order valence-corrected chi connectivity index (χ3v) is 4.32. The summed E-state index contributed by atoms with van der Waals surface area (Å²) in [5.74, 6) is 2.27. The van der Waals surface area contributed by atoms with Crippen molar-refractivity contribution in [3.8, 4) is 5.75 Å². The molecule has 0 aromatic heterocycles. The lowest BCUT2D eigenvalue weighted by atomic mass is 9.96. The van der Waals surface area contributed by atoms with E-state index in [4.69, 9.17) is 4.74 Å². The van der Waals surface area contributed by atoms with Gasteiger partial charge in [-0.25, -0.2) is 0 Å².